The van der Waals surface area contributed by atoms with Crippen LogP contribution in [0.3, 0.4) is 0 Å². The number of carbonyl (C=O) groups is 2. The SMILES string of the molecule is COc1ccc2sc(C(=O)Nc3ncccc3C(=O)O)c(OC(C)C)c2c1. The lowest BCUT2D eigenvalue weighted by molar-refractivity contribution is 0.0697. The van der Waals surface area contributed by atoms with E-state index in [1.807, 2.05) is 26.0 Å². The number of aromatic nitrogens is 1. The number of ether oxygens (including phenoxy) is 2. The van der Waals surface area contributed by atoms with Crippen molar-refractivity contribution in [2.75, 3.05) is 12.4 Å². The van der Waals surface area contributed by atoms with Gasteiger partial charge in [-0.1, -0.05) is 0 Å². The van der Waals surface area contributed by atoms with Gasteiger partial charge in [0.25, 0.3) is 5.91 Å². The highest BCUT2D eigenvalue weighted by atomic mass is 32.1. The summed E-state index contributed by atoms with van der Waals surface area (Å²) in [7, 11) is 1.57. The summed E-state index contributed by atoms with van der Waals surface area (Å²) < 4.78 is 12.0. The molecule has 0 aliphatic rings. The van der Waals surface area contributed by atoms with Crippen LogP contribution in [0.4, 0.5) is 5.82 Å². The van der Waals surface area contributed by atoms with E-state index in [-0.39, 0.29) is 17.5 Å². The largest absolute Gasteiger partial charge is 0.497 e. The number of carboxylic acids is 1. The molecule has 0 radical (unpaired) electrons. The summed E-state index contributed by atoms with van der Waals surface area (Å²) in [5, 5.41) is 12.6. The average Bonchev–Trinajstić information content (AvgIpc) is 2.99. The predicted octanol–water partition coefficient (Wildman–Crippen LogP) is 4.04. The summed E-state index contributed by atoms with van der Waals surface area (Å²) in [4.78, 5) is 28.5. The van der Waals surface area contributed by atoms with Crippen LogP contribution in [0.15, 0.2) is 36.5 Å². The molecule has 1 aromatic carbocycles. The maximum atomic E-state index is 12.9. The van der Waals surface area contributed by atoms with Crippen molar-refractivity contribution in [2.24, 2.45) is 0 Å². The molecule has 27 heavy (non-hydrogen) atoms. The van der Waals surface area contributed by atoms with Gasteiger partial charge in [0.2, 0.25) is 0 Å². The van der Waals surface area contributed by atoms with Crippen molar-refractivity contribution >= 4 is 39.1 Å². The van der Waals surface area contributed by atoms with E-state index in [0.29, 0.717) is 16.4 Å². The van der Waals surface area contributed by atoms with Gasteiger partial charge in [0.1, 0.15) is 22.0 Å². The summed E-state index contributed by atoms with van der Waals surface area (Å²) >= 11 is 1.26. The molecule has 8 heteroatoms. The van der Waals surface area contributed by atoms with E-state index in [0.717, 1.165) is 10.1 Å². The number of hydrogen-bond donors (Lipinski definition) is 2. The van der Waals surface area contributed by atoms with Crippen molar-refractivity contribution in [2.45, 2.75) is 20.0 Å². The first kappa shape index (κ1) is 18.7. The normalized spacial score (nSPS) is 10.8. The van der Waals surface area contributed by atoms with Gasteiger partial charge in [-0.05, 0) is 44.2 Å². The Morgan fingerprint density at radius 2 is 2.04 bits per heavy atom. The number of rotatable bonds is 6. The quantitative estimate of drug-likeness (QED) is 0.663. The Hall–Kier alpha value is -3.13. The average molecular weight is 386 g/mol. The lowest BCUT2D eigenvalue weighted by Gasteiger charge is -2.12. The maximum Gasteiger partial charge on any atom is 0.339 e. The molecule has 2 heterocycles. The van der Waals surface area contributed by atoms with Gasteiger partial charge >= 0.3 is 5.97 Å². The molecule has 0 bridgehead atoms. The molecule has 0 aliphatic heterocycles. The van der Waals surface area contributed by atoms with Gasteiger partial charge in [0.15, 0.2) is 5.75 Å². The number of aromatic carboxylic acids is 1. The Labute approximate surface area is 159 Å². The van der Waals surface area contributed by atoms with Gasteiger partial charge in [-0.3, -0.25) is 4.79 Å². The molecule has 140 valence electrons. The number of thiophene rings is 1. The molecule has 0 saturated carbocycles. The zero-order chi connectivity index (χ0) is 19.6. The van der Waals surface area contributed by atoms with E-state index in [4.69, 9.17) is 9.47 Å². The monoisotopic (exact) mass is 386 g/mol. The maximum absolute atomic E-state index is 12.9. The van der Waals surface area contributed by atoms with Gasteiger partial charge in [-0.2, -0.15) is 0 Å². The van der Waals surface area contributed by atoms with Gasteiger partial charge in [-0.25, -0.2) is 9.78 Å². The summed E-state index contributed by atoms with van der Waals surface area (Å²) in [6.45, 7) is 3.74. The first-order valence-corrected chi connectivity index (χ1v) is 8.99. The second-order valence-corrected chi connectivity index (χ2v) is 7.00. The van der Waals surface area contributed by atoms with Crippen molar-refractivity contribution in [3.8, 4) is 11.5 Å². The molecule has 0 saturated heterocycles. The number of fused-ring (bicyclic) bond motifs is 1. The molecule has 3 rings (SSSR count). The van der Waals surface area contributed by atoms with E-state index < -0.39 is 11.9 Å². The summed E-state index contributed by atoms with van der Waals surface area (Å²) in [5.74, 6) is -0.571. The zero-order valence-electron chi connectivity index (χ0n) is 15.0. The molecule has 0 unspecified atom stereocenters. The minimum atomic E-state index is -1.17. The summed E-state index contributed by atoms with van der Waals surface area (Å²) in [5.41, 5.74) is -0.0834. The van der Waals surface area contributed by atoms with Crippen LogP contribution in [-0.2, 0) is 0 Å². The third-order valence-electron chi connectivity index (χ3n) is 3.68. The molecule has 0 atom stereocenters. The predicted molar refractivity (Wildman–Crippen MR) is 103 cm³/mol. The molecule has 0 spiro atoms. The number of pyridine rings is 1. The van der Waals surface area contributed by atoms with Crippen molar-refractivity contribution < 1.29 is 24.2 Å². The number of carbonyl (C=O) groups excluding carboxylic acids is 1. The first-order valence-electron chi connectivity index (χ1n) is 8.17. The minimum Gasteiger partial charge on any atom is -0.497 e. The molecule has 1 amide bonds. The van der Waals surface area contributed by atoms with Crippen LogP contribution in [0.2, 0.25) is 0 Å². The van der Waals surface area contributed by atoms with Gasteiger partial charge in [0.05, 0.1) is 13.2 Å². The summed E-state index contributed by atoms with van der Waals surface area (Å²) in [6, 6.07) is 8.35. The number of amides is 1. The molecule has 0 fully saturated rings. The molecular formula is C19H18N2O5S. The Balaban J connectivity index is 2.05. The third kappa shape index (κ3) is 3.85. The Morgan fingerprint density at radius 1 is 1.26 bits per heavy atom. The van der Waals surface area contributed by atoms with Crippen LogP contribution in [0.1, 0.15) is 33.9 Å². The third-order valence-corrected chi connectivity index (χ3v) is 4.83. The van der Waals surface area contributed by atoms with Crippen LogP contribution in [0, 0.1) is 0 Å². The van der Waals surface area contributed by atoms with Gasteiger partial charge in [-0.15, -0.1) is 11.3 Å². The highest BCUT2D eigenvalue weighted by Crippen LogP contribution is 2.40. The number of carboxylic acid groups (broad SMARTS) is 1. The molecule has 7 nitrogen and oxygen atoms in total. The fourth-order valence-corrected chi connectivity index (χ4v) is 3.54. The summed E-state index contributed by atoms with van der Waals surface area (Å²) in [6.07, 6.45) is 1.27. The van der Waals surface area contributed by atoms with Crippen molar-refractivity contribution in [1.29, 1.82) is 0 Å². The topological polar surface area (TPSA) is 97.8 Å². The molecule has 2 N–H and O–H groups in total. The molecular weight excluding hydrogens is 368 g/mol. The molecule has 2 aromatic heterocycles. The standard InChI is InChI=1S/C19H18N2O5S/c1-10(2)26-15-13-9-11(25-3)6-7-14(13)27-16(15)18(22)21-17-12(19(23)24)5-4-8-20-17/h4-10H,1-3H3,(H,23,24)(H,20,21,22). The Morgan fingerprint density at radius 3 is 2.70 bits per heavy atom. The number of benzene rings is 1. The van der Waals surface area contributed by atoms with Crippen LogP contribution >= 0.6 is 11.3 Å². The number of nitrogens with zero attached hydrogens (tertiary/aromatic N) is 1. The van der Waals surface area contributed by atoms with Gasteiger partial charge < -0.3 is 19.9 Å². The van der Waals surface area contributed by atoms with Crippen molar-refractivity contribution in [1.82, 2.24) is 4.98 Å². The second-order valence-electron chi connectivity index (χ2n) is 5.95. The fourth-order valence-electron chi connectivity index (χ4n) is 2.53. The highest BCUT2D eigenvalue weighted by molar-refractivity contribution is 7.21. The first-order chi connectivity index (χ1) is 12.9. The zero-order valence-corrected chi connectivity index (χ0v) is 15.8. The lowest BCUT2D eigenvalue weighted by Crippen LogP contribution is -2.16. The Bertz CT molecular complexity index is 1010. The highest BCUT2D eigenvalue weighted by Gasteiger charge is 2.23. The number of methoxy groups -OCH3 is 1. The number of nitrogens with one attached hydrogen (secondary N) is 1. The van der Waals surface area contributed by atoms with E-state index >= 15 is 0 Å². The van der Waals surface area contributed by atoms with E-state index in [1.165, 1.54) is 29.7 Å². The van der Waals surface area contributed by atoms with Crippen molar-refractivity contribution in [3.63, 3.8) is 0 Å². The van der Waals surface area contributed by atoms with Crippen molar-refractivity contribution in [3.05, 3.63) is 47.0 Å². The van der Waals surface area contributed by atoms with E-state index in [2.05, 4.69) is 10.3 Å². The van der Waals surface area contributed by atoms with E-state index in [9.17, 15) is 14.7 Å². The molecule has 3 aromatic rings. The minimum absolute atomic E-state index is 0.0134. The van der Waals surface area contributed by atoms with Crippen LogP contribution < -0.4 is 14.8 Å². The fraction of sp³-hybridized carbons (Fsp3) is 0.211. The Kier molecular flexibility index (Phi) is 5.27. The van der Waals surface area contributed by atoms with Crippen LogP contribution in [0.5, 0.6) is 11.5 Å². The van der Waals surface area contributed by atoms with Gasteiger partial charge in [0, 0.05) is 16.3 Å². The van der Waals surface area contributed by atoms with Crippen LogP contribution in [0.25, 0.3) is 10.1 Å². The van der Waals surface area contributed by atoms with Crippen LogP contribution in [-0.4, -0.2) is 35.2 Å². The number of anilines is 1. The lowest BCUT2D eigenvalue weighted by atomic mass is 10.2. The second kappa shape index (κ2) is 7.63. The number of hydrogen-bond acceptors (Lipinski definition) is 6. The van der Waals surface area contributed by atoms with E-state index in [1.54, 1.807) is 13.2 Å². The smallest absolute Gasteiger partial charge is 0.339 e. The molecule has 0 aliphatic carbocycles.